The lowest BCUT2D eigenvalue weighted by atomic mass is 10.1. The van der Waals surface area contributed by atoms with Crippen LogP contribution in [0.4, 0.5) is 5.69 Å². The molecule has 3 aromatic rings. The summed E-state index contributed by atoms with van der Waals surface area (Å²) in [7, 11) is 0. The van der Waals surface area contributed by atoms with Gasteiger partial charge in [-0.25, -0.2) is 4.68 Å². The van der Waals surface area contributed by atoms with Gasteiger partial charge in [0.05, 0.1) is 18.8 Å². The fraction of sp³-hybridized carbons (Fsp3) is 0.211. The Morgan fingerprint density at radius 2 is 2.00 bits per heavy atom. The maximum atomic E-state index is 12.4. The highest BCUT2D eigenvalue weighted by molar-refractivity contribution is 6.02. The predicted molar refractivity (Wildman–Crippen MR) is 96.7 cm³/mol. The van der Waals surface area contributed by atoms with E-state index in [0.29, 0.717) is 17.2 Å². The van der Waals surface area contributed by atoms with E-state index in [4.69, 9.17) is 9.47 Å². The average molecular weight is 366 g/mol. The Labute approximate surface area is 155 Å². The van der Waals surface area contributed by atoms with Crippen LogP contribution in [0.15, 0.2) is 48.7 Å². The quantitative estimate of drug-likeness (QED) is 0.719. The minimum atomic E-state index is -0.739. The molecule has 0 fully saturated rings. The maximum absolute atomic E-state index is 12.4. The number of nitrogens with one attached hydrogen (secondary N) is 1. The summed E-state index contributed by atoms with van der Waals surface area (Å²) in [5.41, 5.74) is 2.62. The number of aliphatic hydroxyl groups is 1. The monoisotopic (exact) mass is 366 g/mol. The lowest BCUT2D eigenvalue weighted by molar-refractivity contribution is 0.102. The summed E-state index contributed by atoms with van der Waals surface area (Å²) in [6.45, 7) is 2.36. The van der Waals surface area contributed by atoms with E-state index < -0.39 is 12.0 Å². The summed E-state index contributed by atoms with van der Waals surface area (Å²) in [6, 6.07) is 12.7. The van der Waals surface area contributed by atoms with Crippen molar-refractivity contribution in [3.63, 3.8) is 0 Å². The highest BCUT2D eigenvalue weighted by Crippen LogP contribution is 2.34. The normalized spacial score (nSPS) is 13.4. The molecule has 27 heavy (non-hydrogen) atoms. The summed E-state index contributed by atoms with van der Waals surface area (Å²) in [6.07, 6.45) is 0.761. The molecule has 2 N–H and O–H groups in total. The van der Waals surface area contributed by atoms with Gasteiger partial charge in [0.25, 0.3) is 5.91 Å². The molecule has 0 saturated heterocycles. The third-order valence-electron chi connectivity index (χ3n) is 4.22. The summed E-state index contributed by atoms with van der Waals surface area (Å²) < 4.78 is 12.0. The van der Waals surface area contributed by atoms with Crippen LogP contribution in [0, 0.1) is 6.92 Å². The number of aryl methyl sites for hydroxylation is 1. The smallest absolute Gasteiger partial charge is 0.277 e. The third-order valence-corrected chi connectivity index (χ3v) is 4.22. The molecule has 1 aliphatic heterocycles. The maximum Gasteiger partial charge on any atom is 0.277 e. The molecule has 1 aromatic heterocycles. The Morgan fingerprint density at radius 3 is 2.81 bits per heavy atom. The van der Waals surface area contributed by atoms with Crippen LogP contribution in [0.2, 0.25) is 0 Å². The molecule has 4 rings (SSSR count). The van der Waals surface area contributed by atoms with Crippen molar-refractivity contribution in [2.45, 2.75) is 19.6 Å². The largest absolute Gasteiger partial charge is 0.454 e. The second kappa shape index (κ2) is 7.08. The van der Waals surface area contributed by atoms with Crippen LogP contribution in [0.5, 0.6) is 11.5 Å². The molecule has 1 aliphatic rings. The van der Waals surface area contributed by atoms with E-state index in [1.165, 1.54) is 10.9 Å². The Hall–Kier alpha value is -3.39. The fourth-order valence-electron chi connectivity index (χ4n) is 2.73. The number of nitrogens with zero attached hydrogens (tertiary/aromatic N) is 3. The van der Waals surface area contributed by atoms with Gasteiger partial charge in [-0.15, -0.1) is 5.10 Å². The Morgan fingerprint density at radius 1 is 1.22 bits per heavy atom. The van der Waals surface area contributed by atoms with Crippen molar-refractivity contribution in [1.29, 1.82) is 0 Å². The standard InChI is InChI=1S/C19H18N4O4/c1-12-2-4-13(5-3-12)16(24)10-23-9-15(21-22-23)19(25)20-14-6-7-17-18(8-14)27-11-26-17/h2-9,16,24H,10-11H2,1H3,(H,20,25). The van der Waals surface area contributed by atoms with Gasteiger partial charge in [0, 0.05) is 11.8 Å². The minimum absolute atomic E-state index is 0.156. The minimum Gasteiger partial charge on any atom is -0.454 e. The first-order valence-corrected chi connectivity index (χ1v) is 8.44. The number of anilines is 1. The second-order valence-electron chi connectivity index (χ2n) is 6.27. The number of rotatable bonds is 5. The molecular weight excluding hydrogens is 348 g/mol. The molecule has 1 atom stereocenters. The zero-order chi connectivity index (χ0) is 18.8. The molecule has 138 valence electrons. The van der Waals surface area contributed by atoms with E-state index >= 15 is 0 Å². The van der Waals surface area contributed by atoms with Crippen molar-refractivity contribution >= 4 is 11.6 Å². The highest BCUT2D eigenvalue weighted by atomic mass is 16.7. The van der Waals surface area contributed by atoms with E-state index in [1.54, 1.807) is 18.2 Å². The molecule has 0 bridgehead atoms. The summed E-state index contributed by atoms with van der Waals surface area (Å²) in [5.74, 6) is 0.826. The molecule has 2 heterocycles. The van der Waals surface area contributed by atoms with Gasteiger partial charge in [-0.3, -0.25) is 4.79 Å². The van der Waals surface area contributed by atoms with Crippen molar-refractivity contribution in [1.82, 2.24) is 15.0 Å². The van der Waals surface area contributed by atoms with Gasteiger partial charge in [0.1, 0.15) is 0 Å². The molecule has 0 aliphatic carbocycles. The summed E-state index contributed by atoms with van der Waals surface area (Å²) >= 11 is 0. The first-order valence-electron chi connectivity index (χ1n) is 8.44. The van der Waals surface area contributed by atoms with E-state index in [9.17, 15) is 9.90 Å². The summed E-state index contributed by atoms with van der Waals surface area (Å²) in [4.78, 5) is 12.4. The lowest BCUT2D eigenvalue weighted by Crippen LogP contribution is -2.12. The first-order chi connectivity index (χ1) is 13.1. The number of amides is 1. The number of benzene rings is 2. The molecule has 1 amide bonds. The molecule has 8 nitrogen and oxygen atoms in total. The zero-order valence-corrected chi connectivity index (χ0v) is 14.6. The van der Waals surface area contributed by atoms with Crippen LogP contribution < -0.4 is 14.8 Å². The van der Waals surface area contributed by atoms with Crippen molar-refractivity contribution in [2.24, 2.45) is 0 Å². The average Bonchev–Trinajstić information content (AvgIpc) is 3.31. The third kappa shape index (κ3) is 3.75. The number of carbonyl (C=O) groups is 1. The first kappa shape index (κ1) is 17.0. The van der Waals surface area contributed by atoms with Crippen molar-refractivity contribution < 1.29 is 19.4 Å². The fourth-order valence-corrected chi connectivity index (χ4v) is 2.73. The lowest BCUT2D eigenvalue weighted by Gasteiger charge is -2.10. The van der Waals surface area contributed by atoms with Crippen LogP contribution in [0.25, 0.3) is 0 Å². The van der Waals surface area contributed by atoms with Gasteiger partial charge in [0.15, 0.2) is 17.2 Å². The van der Waals surface area contributed by atoms with E-state index in [-0.39, 0.29) is 19.0 Å². The van der Waals surface area contributed by atoms with Crippen molar-refractivity contribution in [3.05, 3.63) is 65.5 Å². The molecule has 0 spiro atoms. The van der Waals surface area contributed by atoms with E-state index in [2.05, 4.69) is 15.6 Å². The number of carbonyl (C=O) groups excluding carboxylic acids is 1. The van der Waals surface area contributed by atoms with Gasteiger partial charge >= 0.3 is 0 Å². The Kier molecular flexibility index (Phi) is 4.47. The topological polar surface area (TPSA) is 98.5 Å². The van der Waals surface area contributed by atoms with Gasteiger partial charge < -0.3 is 19.9 Å². The number of hydrogen-bond donors (Lipinski definition) is 2. The number of aliphatic hydroxyl groups excluding tert-OH is 1. The SMILES string of the molecule is Cc1ccc(C(O)Cn2cc(C(=O)Nc3ccc4c(c3)OCO4)nn2)cc1. The Bertz CT molecular complexity index is 968. The van der Waals surface area contributed by atoms with Crippen LogP contribution in [-0.2, 0) is 6.54 Å². The number of hydrogen-bond acceptors (Lipinski definition) is 6. The number of fused-ring (bicyclic) bond motifs is 1. The molecule has 1 unspecified atom stereocenters. The zero-order valence-electron chi connectivity index (χ0n) is 14.6. The second-order valence-corrected chi connectivity index (χ2v) is 6.27. The molecule has 0 saturated carbocycles. The summed E-state index contributed by atoms with van der Waals surface area (Å²) in [5, 5.41) is 20.9. The molecule has 8 heteroatoms. The van der Waals surface area contributed by atoms with Crippen molar-refractivity contribution in [2.75, 3.05) is 12.1 Å². The van der Waals surface area contributed by atoms with E-state index in [1.807, 2.05) is 31.2 Å². The highest BCUT2D eigenvalue weighted by Gasteiger charge is 2.17. The van der Waals surface area contributed by atoms with Crippen LogP contribution in [0.1, 0.15) is 27.7 Å². The van der Waals surface area contributed by atoms with Crippen LogP contribution >= 0.6 is 0 Å². The molecule has 0 radical (unpaired) electrons. The van der Waals surface area contributed by atoms with Gasteiger partial charge in [-0.2, -0.15) is 0 Å². The number of ether oxygens (including phenoxy) is 2. The number of aromatic nitrogens is 3. The van der Waals surface area contributed by atoms with Gasteiger partial charge in [0.2, 0.25) is 6.79 Å². The van der Waals surface area contributed by atoms with Crippen molar-refractivity contribution in [3.8, 4) is 11.5 Å². The van der Waals surface area contributed by atoms with Crippen LogP contribution in [0.3, 0.4) is 0 Å². The van der Waals surface area contributed by atoms with Gasteiger partial charge in [-0.05, 0) is 24.6 Å². The van der Waals surface area contributed by atoms with E-state index in [0.717, 1.165) is 11.1 Å². The molecule has 2 aromatic carbocycles. The molecular formula is C19H18N4O4. The van der Waals surface area contributed by atoms with Gasteiger partial charge in [-0.1, -0.05) is 35.0 Å². The Balaban J connectivity index is 1.41. The van der Waals surface area contributed by atoms with Crippen LogP contribution in [-0.4, -0.2) is 32.8 Å². The predicted octanol–water partition coefficient (Wildman–Crippen LogP) is 2.30.